The van der Waals surface area contributed by atoms with Gasteiger partial charge >= 0.3 is 16.5 Å². The van der Waals surface area contributed by atoms with Crippen LogP contribution >= 0.6 is 0 Å². The van der Waals surface area contributed by atoms with E-state index in [2.05, 4.69) is 107 Å². The molecule has 3 rings (SSSR count). The summed E-state index contributed by atoms with van der Waals surface area (Å²) in [6.45, 7) is 30.8. The maximum absolute atomic E-state index is 12.5. The summed E-state index contributed by atoms with van der Waals surface area (Å²) >= 11 is 0. The predicted octanol–water partition coefficient (Wildman–Crippen LogP) is 27.1. The molecule has 0 aromatic heterocycles. The molecule has 3 heteroatoms. The van der Waals surface area contributed by atoms with Gasteiger partial charge in [0.1, 0.15) is 0 Å². The van der Waals surface area contributed by atoms with Crippen molar-refractivity contribution in [1.82, 2.24) is 0 Å². The molecule has 1 aliphatic heterocycles. The van der Waals surface area contributed by atoms with Gasteiger partial charge in [0.2, 0.25) is 11.4 Å². The van der Waals surface area contributed by atoms with Gasteiger partial charge in [-0.2, -0.15) is 12.8 Å². The summed E-state index contributed by atoms with van der Waals surface area (Å²) in [7, 11) is 0. The maximum Gasteiger partial charge on any atom is 2.00 e. The number of hydrogen-bond donors (Lipinski definition) is 0. The van der Waals surface area contributed by atoms with E-state index >= 15 is 0 Å². The smallest absolute Gasteiger partial charge is 0.493 e. The first-order chi connectivity index (χ1) is 39.3. The summed E-state index contributed by atoms with van der Waals surface area (Å²) in [6, 6.07) is 9.95. The summed E-state index contributed by atoms with van der Waals surface area (Å²) < 4.78 is 1.66. The second-order valence-electron chi connectivity index (χ2n) is 24.8. The van der Waals surface area contributed by atoms with E-state index in [0.29, 0.717) is 0 Å². The van der Waals surface area contributed by atoms with Crippen molar-refractivity contribution in [2.24, 2.45) is 0 Å². The Morgan fingerprint density at radius 3 is 0.753 bits per heavy atom. The molecule has 0 fully saturated rings. The topological polar surface area (TPSA) is 25.3 Å². The van der Waals surface area contributed by atoms with Gasteiger partial charge in [-0.05, 0) is 154 Å². The molecule has 0 saturated carbocycles. The quantitative estimate of drug-likeness (QED) is 0.0273. The van der Waals surface area contributed by atoms with Crippen molar-refractivity contribution >= 4 is 11.4 Å². The van der Waals surface area contributed by atoms with Crippen LogP contribution < -0.4 is 0 Å². The Balaban J connectivity index is 0.00000158. The number of hydrogen-bond acceptors (Lipinski definition) is 0. The second-order valence-corrected chi connectivity index (χ2v) is 24.8. The molecule has 2 aromatic rings. The van der Waals surface area contributed by atoms with Crippen LogP contribution in [0.2, 0.25) is 0 Å². The first kappa shape index (κ1) is 79.0. The van der Waals surface area contributed by atoms with Crippen molar-refractivity contribution in [2.45, 2.75) is 390 Å². The first-order valence-corrected chi connectivity index (χ1v) is 36.1. The minimum atomic E-state index is 0. The third-order valence-electron chi connectivity index (χ3n) is 17.4. The van der Waals surface area contributed by atoms with E-state index in [9.17, 15) is 5.53 Å². The van der Waals surface area contributed by atoms with Gasteiger partial charge in [0.25, 0.3) is 0 Å². The van der Waals surface area contributed by atoms with Crippen molar-refractivity contribution in [3.63, 3.8) is 0 Å². The molecule has 470 valence electrons. The van der Waals surface area contributed by atoms with E-state index < -0.39 is 0 Å². The standard InChI is InChI=1S/C46H72N2.2C16H33.Ni/c1-9-17-24-35-31-39(32-36(25-18-10-2)42(35)28-21-13-5)45-41(16-8)44(30-23-15-7)46(48(45)47)40-33-37(26-19-11-3)43(29-22-14-6)38(34-40)27-20-12-4;2*1-3-5-7-9-11-13-15-16-14-12-10-8-6-4-2;/h31-34H,9-30H2,1-8H3;2*1,3-16H2,2H3;/q;2*-1;+2. The molecule has 0 saturated heterocycles. The molecule has 0 aliphatic carbocycles. The van der Waals surface area contributed by atoms with Crippen LogP contribution in [0.3, 0.4) is 0 Å². The molecule has 0 atom stereocenters. The number of aryl methyl sites for hydroxylation is 4. The largest absolute Gasteiger partial charge is 2.00 e. The Hall–Kier alpha value is -1.99. The van der Waals surface area contributed by atoms with E-state index in [1.807, 2.05) is 0 Å². The van der Waals surface area contributed by atoms with Gasteiger partial charge in [0, 0.05) is 22.3 Å². The van der Waals surface area contributed by atoms with Crippen LogP contribution in [0.25, 0.3) is 16.9 Å². The van der Waals surface area contributed by atoms with Gasteiger partial charge in [-0.25, -0.2) is 4.70 Å². The first-order valence-electron chi connectivity index (χ1n) is 36.1. The average molecular weight is 1160 g/mol. The van der Waals surface area contributed by atoms with Crippen molar-refractivity contribution in [3.05, 3.63) is 99.3 Å². The zero-order valence-electron chi connectivity index (χ0n) is 56.3. The van der Waals surface area contributed by atoms with Crippen LogP contribution in [0, 0.1) is 13.8 Å². The molecule has 1 heterocycles. The van der Waals surface area contributed by atoms with Crippen molar-refractivity contribution in [1.29, 1.82) is 0 Å². The molecule has 0 bridgehead atoms. The summed E-state index contributed by atoms with van der Waals surface area (Å²) in [5.41, 5.74) is 29.2. The number of rotatable bonds is 50. The second kappa shape index (κ2) is 55.9. The number of allylic oxidation sites excluding steroid dienone is 2. The fourth-order valence-corrected chi connectivity index (χ4v) is 12.2. The Kier molecular flexibility index (Phi) is 54.5. The predicted molar refractivity (Wildman–Crippen MR) is 363 cm³/mol. The summed E-state index contributed by atoms with van der Waals surface area (Å²) in [5.74, 6) is 0. The van der Waals surface area contributed by atoms with Crippen LogP contribution in [0.5, 0.6) is 0 Å². The molecule has 1 aliphatic rings. The fraction of sp³-hybridized carbons (Fsp3) is 0.769. The molecule has 0 N–H and O–H groups in total. The molecule has 0 radical (unpaired) electrons. The van der Waals surface area contributed by atoms with Crippen LogP contribution in [0.4, 0.5) is 0 Å². The molecule has 81 heavy (non-hydrogen) atoms. The van der Waals surface area contributed by atoms with Crippen molar-refractivity contribution < 1.29 is 21.2 Å². The molecule has 2 nitrogen and oxygen atoms in total. The Labute approximate surface area is 519 Å². The SMILES string of the molecule is CCCCC1=C(c2cc(CCCC)c(CCCC)c(CCCC)c2)[N+](=[N-])C(c2cc(CCCC)c(CCCC)c(CCCC)c2)=C1CC.[CH2-]CCCCCCCCCCCCCCC.[CH2-]CCCCCCCCCCCCCCC.[Ni+2]. The third-order valence-corrected chi connectivity index (χ3v) is 17.4. The fourth-order valence-electron chi connectivity index (χ4n) is 12.2. The van der Waals surface area contributed by atoms with E-state index in [1.165, 1.54) is 301 Å². The van der Waals surface area contributed by atoms with Gasteiger partial charge in [-0.3, -0.25) is 0 Å². The van der Waals surface area contributed by atoms with Crippen molar-refractivity contribution in [2.75, 3.05) is 0 Å². The Morgan fingerprint density at radius 1 is 0.284 bits per heavy atom. The van der Waals surface area contributed by atoms with Gasteiger partial charge in [-0.1, -0.05) is 281 Å². The number of unbranched alkanes of at least 4 members (excludes halogenated alkanes) is 33. The van der Waals surface area contributed by atoms with Crippen LogP contribution in [0.15, 0.2) is 35.4 Å². The normalized spacial score (nSPS) is 12.3. The Bertz CT molecular complexity index is 1730. The molecule has 2 aromatic carbocycles. The summed E-state index contributed by atoms with van der Waals surface area (Å²) in [5, 5.41) is 0. The zero-order chi connectivity index (χ0) is 58.7. The van der Waals surface area contributed by atoms with Crippen LogP contribution in [0.1, 0.15) is 396 Å². The van der Waals surface area contributed by atoms with E-state index in [1.54, 1.807) is 15.8 Å². The van der Waals surface area contributed by atoms with Crippen LogP contribution in [-0.4, -0.2) is 4.70 Å². The van der Waals surface area contributed by atoms with E-state index in [-0.39, 0.29) is 16.5 Å². The molecular weight excluding hydrogens is 1020 g/mol. The average Bonchev–Trinajstić information content (AvgIpc) is 4.06. The summed E-state index contributed by atoms with van der Waals surface area (Å²) in [6.07, 6.45) is 65.4. The molecule has 0 amide bonds. The van der Waals surface area contributed by atoms with E-state index in [0.717, 1.165) is 75.6 Å². The Morgan fingerprint density at radius 2 is 0.506 bits per heavy atom. The van der Waals surface area contributed by atoms with Crippen molar-refractivity contribution in [3.8, 4) is 0 Å². The molecular formula is C78H138N2Ni. The third kappa shape index (κ3) is 34.7. The monoisotopic (exact) mass is 1160 g/mol. The summed E-state index contributed by atoms with van der Waals surface area (Å²) in [4.78, 5) is 0. The van der Waals surface area contributed by atoms with Gasteiger partial charge < -0.3 is 19.4 Å². The number of benzene rings is 2. The van der Waals surface area contributed by atoms with Gasteiger partial charge in [0.15, 0.2) is 0 Å². The minimum absolute atomic E-state index is 0. The van der Waals surface area contributed by atoms with Gasteiger partial charge in [0.05, 0.1) is 0 Å². The number of nitrogens with zero attached hydrogens (tertiary/aromatic N) is 2. The maximum atomic E-state index is 12.5. The molecule has 0 unspecified atom stereocenters. The minimum Gasteiger partial charge on any atom is -0.493 e. The van der Waals surface area contributed by atoms with Crippen LogP contribution in [-0.2, 0) is 55.0 Å². The van der Waals surface area contributed by atoms with Gasteiger partial charge in [-0.15, -0.1) is 0 Å². The zero-order valence-corrected chi connectivity index (χ0v) is 57.3. The molecule has 0 spiro atoms. The van der Waals surface area contributed by atoms with E-state index in [4.69, 9.17) is 0 Å².